The van der Waals surface area contributed by atoms with Crippen LogP contribution in [0.15, 0.2) is 91.1 Å². The number of halogens is 6. The van der Waals surface area contributed by atoms with Crippen LogP contribution in [0, 0.1) is 0 Å². The fourth-order valence-corrected chi connectivity index (χ4v) is 4.85. The Morgan fingerprint density at radius 3 is 1.88 bits per heavy atom. The average molecular weight is 607 g/mol. The smallest absolute Gasteiger partial charge is 0.461 e. The number of alkyl halides is 6. The maximum absolute atomic E-state index is 13.2. The number of carbonyl (C=O) groups excluding carboxylic acids is 1. The van der Waals surface area contributed by atoms with E-state index in [9.17, 15) is 31.1 Å². The molecule has 4 rings (SSSR count). The average Bonchev–Trinajstić information content (AvgIpc) is 3.41. The normalized spacial score (nSPS) is 12.2. The molecule has 6 nitrogen and oxygen atoms in total. The first-order valence-corrected chi connectivity index (χ1v) is 13.2. The molecule has 43 heavy (non-hydrogen) atoms. The molecule has 1 heterocycles. The van der Waals surface area contributed by atoms with Crippen molar-refractivity contribution in [2.24, 2.45) is 0 Å². The molecule has 0 fully saturated rings. The number of esters is 1. The van der Waals surface area contributed by atoms with Crippen LogP contribution in [0.25, 0.3) is 0 Å². The van der Waals surface area contributed by atoms with E-state index >= 15 is 0 Å². The third-order valence-corrected chi connectivity index (χ3v) is 6.58. The zero-order chi connectivity index (χ0) is 31.1. The van der Waals surface area contributed by atoms with Gasteiger partial charge >= 0.3 is 18.7 Å². The SMILES string of the molecule is CCOC(=O)c1cc(CNCC(Cc2ccccc2)(c2cccc(OC(F)(F)F)c2)c2cccc(OC(F)(F)F)c2)c[nH]1. The zero-order valence-corrected chi connectivity index (χ0v) is 22.9. The monoisotopic (exact) mass is 606 g/mol. The van der Waals surface area contributed by atoms with Gasteiger partial charge in [-0.25, -0.2) is 4.79 Å². The Morgan fingerprint density at radius 2 is 1.35 bits per heavy atom. The first-order valence-electron chi connectivity index (χ1n) is 13.2. The van der Waals surface area contributed by atoms with Gasteiger partial charge in [0.25, 0.3) is 0 Å². The van der Waals surface area contributed by atoms with Crippen LogP contribution in [0.5, 0.6) is 11.5 Å². The lowest BCUT2D eigenvalue weighted by atomic mass is 9.70. The van der Waals surface area contributed by atoms with Crippen molar-refractivity contribution in [1.29, 1.82) is 0 Å². The Hall–Kier alpha value is -4.45. The van der Waals surface area contributed by atoms with Crippen molar-refractivity contribution in [3.63, 3.8) is 0 Å². The van der Waals surface area contributed by atoms with Crippen LogP contribution in [-0.2, 0) is 23.1 Å². The minimum Gasteiger partial charge on any atom is -0.461 e. The molecule has 3 aromatic carbocycles. The van der Waals surface area contributed by atoms with Crippen LogP contribution in [0.4, 0.5) is 26.3 Å². The maximum Gasteiger partial charge on any atom is 0.573 e. The van der Waals surface area contributed by atoms with Crippen molar-refractivity contribution >= 4 is 5.97 Å². The number of nitrogens with one attached hydrogen (secondary N) is 2. The summed E-state index contributed by atoms with van der Waals surface area (Å²) >= 11 is 0. The summed E-state index contributed by atoms with van der Waals surface area (Å²) in [7, 11) is 0. The van der Waals surface area contributed by atoms with Crippen LogP contribution in [0.1, 0.15) is 39.7 Å². The molecular formula is C31H28F6N2O4. The number of aromatic nitrogens is 1. The van der Waals surface area contributed by atoms with Crippen LogP contribution >= 0.6 is 0 Å². The number of hydrogen-bond donors (Lipinski definition) is 2. The number of H-pyrrole nitrogens is 1. The lowest BCUT2D eigenvalue weighted by Crippen LogP contribution is -2.41. The molecule has 0 saturated carbocycles. The second kappa shape index (κ2) is 13.2. The fourth-order valence-electron chi connectivity index (χ4n) is 4.85. The van der Waals surface area contributed by atoms with Gasteiger partial charge < -0.3 is 24.5 Å². The van der Waals surface area contributed by atoms with Crippen molar-refractivity contribution in [3.05, 3.63) is 119 Å². The third kappa shape index (κ3) is 8.77. The number of aromatic amines is 1. The third-order valence-electron chi connectivity index (χ3n) is 6.58. The molecule has 0 unspecified atom stereocenters. The van der Waals surface area contributed by atoms with Crippen molar-refractivity contribution < 1.29 is 45.3 Å². The highest BCUT2D eigenvalue weighted by molar-refractivity contribution is 5.87. The lowest BCUT2D eigenvalue weighted by molar-refractivity contribution is -0.275. The number of rotatable bonds is 12. The zero-order valence-electron chi connectivity index (χ0n) is 22.9. The topological polar surface area (TPSA) is 72.6 Å². The van der Waals surface area contributed by atoms with Crippen LogP contribution in [-0.4, -0.2) is 36.8 Å². The number of ether oxygens (including phenoxy) is 3. The van der Waals surface area contributed by atoms with E-state index in [1.54, 1.807) is 49.5 Å². The molecule has 0 saturated heterocycles. The highest BCUT2D eigenvalue weighted by Gasteiger charge is 2.38. The predicted octanol–water partition coefficient (Wildman–Crippen LogP) is 7.31. The molecule has 0 atom stereocenters. The van der Waals surface area contributed by atoms with E-state index in [1.165, 1.54) is 24.3 Å². The molecule has 2 N–H and O–H groups in total. The molecule has 0 aliphatic carbocycles. The Kier molecular flexibility index (Phi) is 9.70. The quantitative estimate of drug-likeness (QED) is 0.131. The van der Waals surface area contributed by atoms with Crippen LogP contribution < -0.4 is 14.8 Å². The summed E-state index contributed by atoms with van der Waals surface area (Å²) in [5, 5.41) is 3.28. The van der Waals surface area contributed by atoms with E-state index in [4.69, 9.17) is 4.74 Å². The molecular weight excluding hydrogens is 578 g/mol. The molecule has 1 aromatic heterocycles. The van der Waals surface area contributed by atoms with E-state index in [1.807, 2.05) is 12.1 Å². The summed E-state index contributed by atoms with van der Waals surface area (Å²) in [5.74, 6) is -1.49. The molecule has 4 aromatic rings. The highest BCUT2D eigenvalue weighted by Crippen LogP contribution is 2.40. The predicted molar refractivity (Wildman–Crippen MR) is 146 cm³/mol. The molecule has 0 aliphatic rings. The molecule has 0 amide bonds. The van der Waals surface area contributed by atoms with Gasteiger partial charge in [0.1, 0.15) is 17.2 Å². The lowest BCUT2D eigenvalue weighted by Gasteiger charge is -2.36. The Labute approximate surface area is 243 Å². The Morgan fingerprint density at radius 1 is 0.767 bits per heavy atom. The molecule has 0 aliphatic heterocycles. The maximum atomic E-state index is 13.2. The van der Waals surface area contributed by atoms with E-state index < -0.39 is 35.6 Å². The number of carbonyl (C=O) groups is 1. The van der Waals surface area contributed by atoms with Gasteiger partial charge in [-0.15, -0.1) is 26.3 Å². The largest absolute Gasteiger partial charge is 0.573 e. The first kappa shape index (κ1) is 31.5. The van der Waals surface area contributed by atoms with Crippen molar-refractivity contribution in [2.45, 2.75) is 38.0 Å². The van der Waals surface area contributed by atoms with Crippen LogP contribution in [0.2, 0.25) is 0 Å². The summed E-state index contributed by atoms with van der Waals surface area (Å²) in [5.41, 5.74) is 1.20. The van der Waals surface area contributed by atoms with Gasteiger partial charge in [-0.05, 0) is 65.9 Å². The number of hydrogen-bond acceptors (Lipinski definition) is 5. The first-order chi connectivity index (χ1) is 20.4. The van der Waals surface area contributed by atoms with Crippen molar-refractivity contribution in [3.8, 4) is 11.5 Å². The number of benzene rings is 3. The second-order valence-electron chi connectivity index (χ2n) is 9.64. The van der Waals surface area contributed by atoms with Gasteiger partial charge in [-0.2, -0.15) is 0 Å². The molecule has 228 valence electrons. The summed E-state index contributed by atoms with van der Waals surface area (Å²) in [6.07, 6.45) is -8.12. The van der Waals surface area contributed by atoms with Gasteiger partial charge in [-0.3, -0.25) is 0 Å². The molecule has 12 heteroatoms. The minimum atomic E-state index is -4.95. The van der Waals surface area contributed by atoms with Gasteiger partial charge in [0.05, 0.1) is 6.61 Å². The van der Waals surface area contributed by atoms with E-state index in [-0.39, 0.29) is 31.8 Å². The van der Waals surface area contributed by atoms with Gasteiger partial charge in [0.15, 0.2) is 0 Å². The van der Waals surface area contributed by atoms with Gasteiger partial charge in [-0.1, -0.05) is 54.6 Å². The summed E-state index contributed by atoms with van der Waals surface area (Å²) in [6, 6.07) is 21.3. The molecule has 0 bridgehead atoms. The van der Waals surface area contributed by atoms with E-state index in [0.717, 1.165) is 17.7 Å². The van der Waals surface area contributed by atoms with Crippen molar-refractivity contribution in [2.75, 3.05) is 13.2 Å². The Bertz CT molecular complexity index is 1440. The summed E-state index contributed by atoms with van der Waals surface area (Å²) in [4.78, 5) is 14.9. The Balaban J connectivity index is 1.79. The molecule has 0 spiro atoms. The van der Waals surface area contributed by atoms with Gasteiger partial charge in [0, 0.05) is 24.7 Å². The minimum absolute atomic E-state index is 0.0623. The van der Waals surface area contributed by atoms with E-state index in [0.29, 0.717) is 16.7 Å². The second-order valence-corrected chi connectivity index (χ2v) is 9.64. The highest BCUT2D eigenvalue weighted by atomic mass is 19.4. The van der Waals surface area contributed by atoms with E-state index in [2.05, 4.69) is 19.8 Å². The fraction of sp³-hybridized carbons (Fsp3) is 0.258. The standard InChI is InChI=1S/C31H28F6N2O4/c1-2-41-28(40)27-14-22(19-39-27)18-38-20-29(17-21-8-4-3-5-9-21,23-10-6-12-25(15-23)42-30(32,33)34)24-11-7-13-26(16-24)43-31(35,36)37/h3-16,19,38-39H,2,17-18,20H2,1H3. The van der Waals surface area contributed by atoms with Crippen molar-refractivity contribution in [1.82, 2.24) is 10.3 Å². The summed E-state index contributed by atoms with van der Waals surface area (Å²) < 4.78 is 92.3. The van der Waals surface area contributed by atoms with Crippen LogP contribution in [0.3, 0.4) is 0 Å². The summed E-state index contributed by atoms with van der Waals surface area (Å²) in [6.45, 7) is 2.15. The molecule has 0 radical (unpaired) electrons. The van der Waals surface area contributed by atoms with Gasteiger partial charge in [0.2, 0.25) is 0 Å².